The Bertz CT molecular complexity index is 548. The summed E-state index contributed by atoms with van der Waals surface area (Å²) >= 11 is 5.99. The number of carbonyl (C=O) groups is 1. The summed E-state index contributed by atoms with van der Waals surface area (Å²) in [6.45, 7) is 1.96. The molecule has 0 aliphatic rings. The number of rotatable bonds is 2. The summed E-state index contributed by atoms with van der Waals surface area (Å²) in [5.74, 6) is 0.357. The summed E-state index contributed by atoms with van der Waals surface area (Å²) in [5, 5.41) is 0.405. The van der Waals surface area contributed by atoms with Crippen molar-refractivity contribution in [2.75, 3.05) is 7.11 Å². The smallest absolute Gasteiger partial charge is 0.355 e. The van der Waals surface area contributed by atoms with E-state index in [1.807, 2.05) is 13.0 Å². The lowest BCUT2D eigenvalue weighted by Gasteiger charge is -2.05. The van der Waals surface area contributed by atoms with E-state index < -0.39 is 5.97 Å². The van der Waals surface area contributed by atoms with Gasteiger partial charge in [0.15, 0.2) is 5.15 Å². The van der Waals surface area contributed by atoms with Crippen LogP contribution in [0.5, 0.6) is 0 Å². The predicted molar refractivity (Wildman–Crippen MR) is 60.9 cm³/mol. The van der Waals surface area contributed by atoms with Crippen LogP contribution in [0.1, 0.15) is 23.2 Å². The van der Waals surface area contributed by atoms with Gasteiger partial charge < -0.3 is 4.74 Å². The molecule has 0 spiro atoms. The lowest BCUT2D eigenvalue weighted by molar-refractivity contribution is 0.0592. The van der Waals surface area contributed by atoms with Crippen molar-refractivity contribution in [1.29, 1.82) is 0 Å². The third-order valence-electron chi connectivity index (χ3n) is 2.40. The van der Waals surface area contributed by atoms with Crippen LogP contribution in [0.2, 0.25) is 5.15 Å². The second-order valence-corrected chi connectivity index (χ2v) is 3.65. The Balaban J connectivity index is 2.79. The van der Waals surface area contributed by atoms with Gasteiger partial charge in [-0.1, -0.05) is 24.6 Å². The van der Waals surface area contributed by atoms with Crippen LogP contribution in [0.4, 0.5) is 0 Å². The lowest BCUT2D eigenvalue weighted by atomic mass is 10.3. The van der Waals surface area contributed by atoms with Crippen LogP contribution in [-0.2, 0) is 11.2 Å². The van der Waals surface area contributed by atoms with E-state index in [4.69, 9.17) is 16.3 Å². The molecule has 5 heteroatoms. The minimum Gasteiger partial charge on any atom is -0.464 e. The van der Waals surface area contributed by atoms with E-state index in [1.54, 1.807) is 16.5 Å². The standard InChI is InChI=1S/C11H11ClN2O2/c1-3-9-13-10(12)7-5-4-6-8(14(7)9)11(15)16-2/h4-6H,3H2,1-2H3. The summed E-state index contributed by atoms with van der Waals surface area (Å²) in [5.41, 5.74) is 1.16. The molecule has 0 saturated heterocycles. The molecule has 0 unspecified atom stereocenters. The SMILES string of the molecule is CCc1nc(Cl)c2cccc(C(=O)OC)n12. The van der Waals surface area contributed by atoms with Crippen LogP contribution in [0.25, 0.3) is 5.52 Å². The van der Waals surface area contributed by atoms with Crippen molar-refractivity contribution in [3.8, 4) is 0 Å². The van der Waals surface area contributed by atoms with Crippen LogP contribution in [-0.4, -0.2) is 22.5 Å². The second-order valence-electron chi connectivity index (χ2n) is 3.30. The summed E-state index contributed by atoms with van der Waals surface area (Å²) in [7, 11) is 1.35. The highest BCUT2D eigenvalue weighted by molar-refractivity contribution is 6.32. The molecule has 0 aromatic carbocycles. The molecule has 0 radical (unpaired) electrons. The molecule has 2 rings (SSSR count). The Morgan fingerprint density at radius 2 is 2.31 bits per heavy atom. The second kappa shape index (κ2) is 4.14. The van der Waals surface area contributed by atoms with Gasteiger partial charge in [0.2, 0.25) is 0 Å². The topological polar surface area (TPSA) is 43.6 Å². The fraction of sp³-hybridized carbons (Fsp3) is 0.273. The summed E-state index contributed by atoms with van der Waals surface area (Å²) in [6, 6.07) is 5.27. The van der Waals surface area contributed by atoms with Gasteiger partial charge in [0.1, 0.15) is 11.5 Å². The third kappa shape index (κ3) is 1.55. The number of esters is 1. The van der Waals surface area contributed by atoms with Crippen molar-refractivity contribution in [3.63, 3.8) is 0 Å². The maximum absolute atomic E-state index is 11.6. The van der Waals surface area contributed by atoms with Gasteiger partial charge in [-0.2, -0.15) is 0 Å². The van der Waals surface area contributed by atoms with Gasteiger partial charge in [0.25, 0.3) is 0 Å². The molecule has 0 aliphatic heterocycles. The molecule has 2 aromatic heterocycles. The van der Waals surface area contributed by atoms with E-state index >= 15 is 0 Å². The van der Waals surface area contributed by atoms with E-state index in [-0.39, 0.29) is 0 Å². The molecule has 84 valence electrons. The van der Waals surface area contributed by atoms with Gasteiger partial charge in [-0.15, -0.1) is 0 Å². The van der Waals surface area contributed by atoms with E-state index in [9.17, 15) is 4.79 Å². The Morgan fingerprint density at radius 1 is 1.56 bits per heavy atom. The Labute approximate surface area is 97.8 Å². The van der Waals surface area contributed by atoms with Gasteiger partial charge in [-0.05, 0) is 12.1 Å². The average molecular weight is 239 g/mol. The minimum atomic E-state index is -0.394. The third-order valence-corrected chi connectivity index (χ3v) is 2.68. The van der Waals surface area contributed by atoms with Crippen LogP contribution >= 0.6 is 11.6 Å². The van der Waals surface area contributed by atoms with Crippen LogP contribution in [0.3, 0.4) is 0 Å². The first kappa shape index (κ1) is 11.0. The molecule has 16 heavy (non-hydrogen) atoms. The summed E-state index contributed by atoms with van der Waals surface area (Å²) in [6.07, 6.45) is 0.696. The van der Waals surface area contributed by atoms with E-state index in [0.717, 1.165) is 11.3 Å². The van der Waals surface area contributed by atoms with Gasteiger partial charge in [0.05, 0.1) is 12.6 Å². The largest absolute Gasteiger partial charge is 0.464 e. The maximum atomic E-state index is 11.6. The first-order valence-corrected chi connectivity index (χ1v) is 5.31. The van der Waals surface area contributed by atoms with Crippen molar-refractivity contribution >= 4 is 23.1 Å². The number of halogens is 1. The fourth-order valence-corrected chi connectivity index (χ4v) is 1.92. The first-order valence-electron chi connectivity index (χ1n) is 4.93. The highest BCUT2D eigenvalue weighted by atomic mass is 35.5. The fourth-order valence-electron chi connectivity index (χ4n) is 1.67. The minimum absolute atomic E-state index is 0.394. The molecule has 0 amide bonds. The van der Waals surface area contributed by atoms with E-state index in [0.29, 0.717) is 17.3 Å². The zero-order chi connectivity index (χ0) is 11.7. The molecular formula is C11H11ClN2O2. The number of aryl methyl sites for hydroxylation is 1. The van der Waals surface area contributed by atoms with Crippen LogP contribution in [0, 0.1) is 0 Å². The summed E-state index contributed by atoms with van der Waals surface area (Å²) in [4.78, 5) is 15.8. The number of fused-ring (bicyclic) bond motifs is 1. The van der Waals surface area contributed by atoms with Crippen molar-refractivity contribution < 1.29 is 9.53 Å². The van der Waals surface area contributed by atoms with Crippen molar-refractivity contribution in [2.24, 2.45) is 0 Å². The molecule has 0 saturated carbocycles. The van der Waals surface area contributed by atoms with Crippen molar-refractivity contribution in [1.82, 2.24) is 9.38 Å². The Morgan fingerprint density at radius 3 is 2.94 bits per heavy atom. The van der Waals surface area contributed by atoms with Crippen molar-refractivity contribution in [3.05, 3.63) is 34.9 Å². The molecule has 0 fully saturated rings. The number of pyridine rings is 1. The zero-order valence-corrected chi connectivity index (χ0v) is 9.78. The van der Waals surface area contributed by atoms with Crippen molar-refractivity contribution in [2.45, 2.75) is 13.3 Å². The number of methoxy groups -OCH3 is 1. The highest BCUT2D eigenvalue weighted by Crippen LogP contribution is 2.20. The molecule has 0 aliphatic carbocycles. The van der Waals surface area contributed by atoms with Crippen LogP contribution in [0.15, 0.2) is 18.2 Å². The maximum Gasteiger partial charge on any atom is 0.355 e. The van der Waals surface area contributed by atoms with Gasteiger partial charge in [-0.25, -0.2) is 9.78 Å². The van der Waals surface area contributed by atoms with Gasteiger partial charge >= 0.3 is 5.97 Å². The van der Waals surface area contributed by atoms with Gasteiger partial charge in [-0.3, -0.25) is 4.40 Å². The van der Waals surface area contributed by atoms with Crippen LogP contribution < -0.4 is 0 Å². The quantitative estimate of drug-likeness (QED) is 0.755. The molecule has 0 N–H and O–H groups in total. The number of imidazole rings is 1. The molecule has 4 nitrogen and oxygen atoms in total. The van der Waals surface area contributed by atoms with E-state index in [1.165, 1.54) is 7.11 Å². The molecule has 2 aromatic rings. The number of nitrogens with zero attached hydrogens (tertiary/aromatic N) is 2. The number of carbonyl (C=O) groups excluding carboxylic acids is 1. The number of ether oxygens (including phenoxy) is 1. The molecule has 0 bridgehead atoms. The average Bonchev–Trinajstić information content (AvgIpc) is 2.65. The zero-order valence-electron chi connectivity index (χ0n) is 9.03. The monoisotopic (exact) mass is 238 g/mol. The first-order chi connectivity index (χ1) is 7.69. The summed E-state index contributed by atoms with van der Waals surface area (Å²) < 4.78 is 6.45. The number of hydrogen-bond acceptors (Lipinski definition) is 3. The Hall–Kier alpha value is -1.55. The predicted octanol–water partition coefficient (Wildman–Crippen LogP) is 2.34. The highest BCUT2D eigenvalue weighted by Gasteiger charge is 2.15. The number of hydrogen-bond donors (Lipinski definition) is 0. The molecular weight excluding hydrogens is 228 g/mol. The Kier molecular flexibility index (Phi) is 2.83. The normalized spacial score (nSPS) is 10.7. The van der Waals surface area contributed by atoms with Gasteiger partial charge in [0, 0.05) is 6.42 Å². The van der Waals surface area contributed by atoms with E-state index in [2.05, 4.69) is 4.98 Å². The molecule has 2 heterocycles. The lowest BCUT2D eigenvalue weighted by Crippen LogP contribution is -2.09. The molecule has 0 atom stereocenters. The number of aromatic nitrogens is 2.